The molecular formula is C16H18N4O4. The molecule has 24 heavy (non-hydrogen) atoms. The van der Waals surface area contributed by atoms with Gasteiger partial charge in [0.1, 0.15) is 0 Å². The van der Waals surface area contributed by atoms with Gasteiger partial charge in [0.15, 0.2) is 0 Å². The minimum Gasteiger partial charge on any atom is -0.376 e. The zero-order valence-electron chi connectivity index (χ0n) is 13.3. The van der Waals surface area contributed by atoms with Gasteiger partial charge in [-0.1, -0.05) is 0 Å². The summed E-state index contributed by atoms with van der Waals surface area (Å²) in [5, 5.41) is 17.8. The van der Waals surface area contributed by atoms with E-state index in [4.69, 9.17) is 4.74 Å². The molecule has 1 aromatic carbocycles. The van der Waals surface area contributed by atoms with Crippen molar-refractivity contribution in [2.45, 2.75) is 25.9 Å². The molecule has 2 heterocycles. The van der Waals surface area contributed by atoms with Crippen LogP contribution in [-0.4, -0.2) is 39.9 Å². The third-order valence-corrected chi connectivity index (χ3v) is 4.07. The Morgan fingerprint density at radius 3 is 2.83 bits per heavy atom. The van der Waals surface area contributed by atoms with E-state index in [9.17, 15) is 14.9 Å². The van der Waals surface area contributed by atoms with Crippen LogP contribution in [0.5, 0.6) is 0 Å². The lowest BCUT2D eigenvalue weighted by Crippen LogP contribution is -2.32. The number of hydrogen-bond acceptors (Lipinski definition) is 5. The molecular weight excluding hydrogens is 312 g/mol. The van der Waals surface area contributed by atoms with Gasteiger partial charge >= 0.3 is 0 Å². The van der Waals surface area contributed by atoms with Crippen molar-refractivity contribution in [2.24, 2.45) is 0 Å². The summed E-state index contributed by atoms with van der Waals surface area (Å²) in [5.74, 6) is -0.198. The molecule has 1 saturated heterocycles. The van der Waals surface area contributed by atoms with E-state index in [0.717, 1.165) is 19.4 Å². The van der Waals surface area contributed by atoms with Crippen LogP contribution in [0.2, 0.25) is 0 Å². The van der Waals surface area contributed by atoms with Crippen molar-refractivity contribution in [3.05, 3.63) is 51.8 Å². The van der Waals surface area contributed by atoms with Gasteiger partial charge in [-0.15, -0.1) is 0 Å². The van der Waals surface area contributed by atoms with Crippen LogP contribution in [0.3, 0.4) is 0 Å². The van der Waals surface area contributed by atoms with Gasteiger partial charge in [0.2, 0.25) is 0 Å². The SMILES string of the molecule is Cc1c(C(=O)NCC2CCCO2)cnn1-c1ccc([N+](=O)[O-])cc1. The van der Waals surface area contributed by atoms with Crippen molar-refractivity contribution in [1.82, 2.24) is 15.1 Å². The number of carbonyl (C=O) groups is 1. The van der Waals surface area contributed by atoms with Crippen LogP contribution in [0.25, 0.3) is 5.69 Å². The standard InChI is InChI=1S/C16H18N4O4/c1-11-15(16(21)17-9-14-3-2-8-24-14)10-18-19(11)12-4-6-13(7-5-12)20(22)23/h4-7,10,14H,2-3,8-9H2,1H3,(H,17,21). The van der Waals surface area contributed by atoms with E-state index in [1.807, 2.05) is 0 Å². The maximum Gasteiger partial charge on any atom is 0.269 e. The lowest BCUT2D eigenvalue weighted by atomic mass is 10.2. The number of amides is 1. The molecule has 1 amide bonds. The number of hydrogen-bond donors (Lipinski definition) is 1. The van der Waals surface area contributed by atoms with E-state index in [-0.39, 0.29) is 17.7 Å². The molecule has 1 atom stereocenters. The Bertz CT molecular complexity index is 748. The minimum absolute atomic E-state index is 0.0121. The topological polar surface area (TPSA) is 99.3 Å². The summed E-state index contributed by atoms with van der Waals surface area (Å²) in [6.07, 6.45) is 3.57. The van der Waals surface area contributed by atoms with Crippen molar-refractivity contribution < 1.29 is 14.5 Å². The Morgan fingerprint density at radius 1 is 1.46 bits per heavy atom. The van der Waals surface area contributed by atoms with Crippen molar-refractivity contribution >= 4 is 11.6 Å². The van der Waals surface area contributed by atoms with E-state index in [2.05, 4.69) is 10.4 Å². The van der Waals surface area contributed by atoms with E-state index >= 15 is 0 Å². The molecule has 1 aliphatic rings. The normalized spacial score (nSPS) is 17.0. The van der Waals surface area contributed by atoms with Crippen LogP contribution < -0.4 is 5.32 Å². The summed E-state index contributed by atoms with van der Waals surface area (Å²) in [6, 6.07) is 6.03. The summed E-state index contributed by atoms with van der Waals surface area (Å²) in [5.41, 5.74) is 1.83. The minimum atomic E-state index is -0.455. The summed E-state index contributed by atoms with van der Waals surface area (Å²) in [6.45, 7) is 3.02. The Labute approximate surface area is 138 Å². The number of carbonyl (C=O) groups excluding carboxylic acids is 1. The first-order valence-corrected chi connectivity index (χ1v) is 7.75. The molecule has 1 aromatic heterocycles. The van der Waals surface area contributed by atoms with Crippen molar-refractivity contribution in [3.63, 3.8) is 0 Å². The van der Waals surface area contributed by atoms with Crippen molar-refractivity contribution in [2.75, 3.05) is 13.2 Å². The number of benzene rings is 1. The van der Waals surface area contributed by atoms with Crippen LogP contribution >= 0.6 is 0 Å². The monoisotopic (exact) mass is 330 g/mol. The summed E-state index contributed by atoms with van der Waals surface area (Å²) >= 11 is 0. The van der Waals surface area contributed by atoms with Gasteiger partial charge in [0, 0.05) is 25.3 Å². The van der Waals surface area contributed by atoms with Gasteiger partial charge in [-0.2, -0.15) is 5.10 Å². The molecule has 8 nitrogen and oxygen atoms in total. The molecule has 1 fully saturated rings. The van der Waals surface area contributed by atoms with Crippen LogP contribution in [0.4, 0.5) is 5.69 Å². The number of ether oxygens (including phenoxy) is 1. The second-order valence-electron chi connectivity index (χ2n) is 5.67. The predicted molar refractivity (Wildman–Crippen MR) is 86.3 cm³/mol. The molecule has 1 N–H and O–H groups in total. The summed E-state index contributed by atoms with van der Waals surface area (Å²) in [7, 11) is 0. The highest BCUT2D eigenvalue weighted by Gasteiger charge is 2.19. The highest BCUT2D eigenvalue weighted by molar-refractivity contribution is 5.95. The fourth-order valence-electron chi connectivity index (χ4n) is 2.72. The second kappa shape index (κ2) is 6.79. The van der Waals surface area contributed by atoms with E-state index < -0.39 is 4.92 Å². The number of non-ortho nitro benzene ring substituents is 1. The van der Waals surface area contributed by atoms with Crippen LogP contribution in [-0.2, 0) is 4.74 Å². The summed E-state index contributed by atoms with van der Waals surface area (Å²) in [4.78, 5) is 22.6. The average Bonchev–Trinajstić information content (AvgIpc) is 3.22. The predicted octanol–water partition coefficient (Wildman–Crippen LogP) is 2.00. The van der Waals surface area contributed by atoms with E-state index in [1.54, 1.807) is 23.7 Å². The molecule has 0 radical (unpaired) electrons. The number of nitrogens with one attached hydrogen (secondary N) is 1. The molecule has 3 rings (SSSR count). The van der Waals surface area contributed by atoms with E-state index in [1.165, 1.54) is 18.3 Å². The molecule has 2 aromatic rings. The number of nitro benzene ring substituents is 1. The Hall–Kier alpha value is -2.74. The molecule has 0 bridgehead atoms. The molecule has 0 saturated carbocycles. The number of aromatic nitrogens is 2. The number of nitro groups is 1. The molecule has 1 aliphatic heterocycles. The van der Waals surface area contributed by atoms with Crippen LogP contribution in [0.1, 0.15) is 28.9 Å². The van der Waals surface area contributed by atoms with Gasteiger partial charge < -0.3 is 10.1 Å². The fourth-order valence-corrected chi connectivity index (χ4v) is 2.72. The Kier molecular flexibility index (Phi) is 4.57. The Balaban J connectivity index is 1.72. The quantitative estimate of drug-likeness (QED) is 0.667. The molecule has 126 valence electrons. The largest absolute Gasteiger partial charge is 0.376 e. The first kappa shape index (κ1) is 16.1. The first-order valence-electron chi connectivity index (χ1n) is 7.75. The molecule has 0 spiro atoms. The van der Waals surface area contributed by atoms with Gasteiger partial charge in [-0.25, -0.2) is 4.68 Å². The zero-order valence-corrected chi connectivity index (χ0v) is 13.3. The fraction of sp³-hybridized carbons (Fsp3) is 0.375. The van der Waals surface area contributed by atoms with Gasteiger partial charge in [-0.3, -0.25) is 14.9 Å². The maximum absolute atomic E-state index is 12.3. The smallest absolute Gasteiger partial charge is 0.269 e. The van der Waals surface area contributed by atoms with Crippen molar-refractivity contribution in [1.29, 1.82) is 0 Å². The summed E-state index contributed by atoms with van der Waals surface area (Å²) < 4.78 is 7.07. The van der Waals surface area contributed by atoms with Crippen molar-refractivity contribution in [3.8, 4) is 5.69 Å². The zero-order chi connectivity index (χ0) is 17.1. The van der Waals surface area contributed by atoms with Crippen LogP contribution in [0.15, 0.2) is 30.5 Å². The third kappa shape index (κ3) is 3.28. The molecule has 1 unspecified atom stereocenters. The first-order chi connectivity index (χ1) is 11.6. The van der Waals surface area contributed by atoms with Crippen LogP contribution in [0, 0.1) is 17.0 Å². The maximum atomic E-state index is 12.3. The highest BCUT2D eigenvalue weighted by atomic mass is 16.6. The third-order valence-electron chi connectivity index (χ3n) is 4.07. The molecule has 0 aliphatic carbocycles. The van der Waals surface area contributed by atoms with Gasteiger partial charge in [0.25, 0.3) is 11.6 Å². The number of rotatable bonds is 5. The molecule has 8 heteroatoms. The van der Waals surface area contributed by atoms with Gasteiger partial charge in [-0.05, 0) is 31.9 Å². The number of nitrogens with zero attached hydrogens (tertiary/aromatic N) is 3. The van der Waals surface area contributed by atoms with E-state index in [0.29, 0.717) is 23.5 Å². The lowest BCUT2D eigenvalue weighted by Gasteiger charge is -2.10. The highest BCUT2D eigenvalue weighted by Crippen LogP contribution is 2.18. The average molecular weight is 330 g/mol. The lowest BCUT2D eigenvalue weighted by molar-refractivity contribution is -0.384. The Morgan fingerprint density at radius 2 is 2.21 bits per heavy atom. The second-order valence-corrected chi connectivity index (χ2v) is 5.67. The van der Waals surface area contributed by atoms with Gasteiger partial charge in [0.05, 0.1) is 34.2 Å².